The number of nitro benzene ring substituents is 1. The van der Waals surface area contributed by atoms with Crippen molar-refractivity contribution in [3.8, 4) is 11.3 Å². The molecule has 2 aromatic heterocycles. The molecule has 0 atom stereocenters. The van der Waals surface area contributed by atoms with Crippen molar-refractivity contribution in [1.29, 1.82) is 0 Å². The van der Waals surface area contributed by atoms with Crippen molar-refractivity contribution in [3.63, 3.8) is 0 Å². The first-order chi connectivity index (χ1) is 16.5. The molecule has 0 amide bonds. The minimum atomic E-state index is -0.538. The van der Waals surface area contributed by atoms with Crippen LogP contribution in [0.15, 0.2) is 83.3 Å². The maximum Gasteiger partial charge on any atom is 0.270 e. The Bertz CT molecular complexity index is 1590. The molecule has 0 unspecified atom stereocenters. The average molecular weight is 493 g/mol. The van der Waals surface area contributed by atoms with Gasteiger partial charge >= 0.3 is 0 Å². The molecule has 2 heterocycles. The van der Waals surface area contributed by atoms with Gasteiger partial charge in [-0.25, -0.2) is 9.38 Å². The second-order valence-corrected chi connectivity index (χ2v) is 8.93. The van der Waals surface area contributed by atoms with E-state index in [-0.39, 0.29) is 10.7 Å². The molecule has 3 aromatic carbocycles. The smallest absolute Gasteiger partial charge is 0.270 e. The minimum absolute atomic E-state index is 0.0186. The standard InChI is InChI=1S/C25H18ClFN4O2S/c26-21-9-8-18(13-22(21)27)29-25-30(11-10-17-14-28-23-7-2-1-6-20(17)23)24(15-34-25)16-4-3-5-19(12-16)31(32)33/h1-9,12-15,28H,10-11H2. The molecule has 9 heteroatoms. The third kappa shape index (κ3) is 4.37. The third-order valence-corrected chi connectivity index (χ3v) is 6.73. The van der Waals surface area contributed by atoms with Gasteiger partial charge in [-0.15, -0.1) is 11.3 Å². The topological polar surface area (TPSA) is 76.2 Å². The van der Waals surface area contributed by atoms with Crippen LogP contribution in [0, 0.1) is 15.9 Å². The molecule has 0 aliphatic heterocycles. The van der Waals surface area contributed by atoms with Crippen molar-refractivity contribution in [2.45, 2.75) is 13.0 Å². The summed E-state index contributed by atoms with van der Waals surface area (Å²) in [7, 11) is 0. The SMILES string of the molecule is O=[N+]([O-])c1cccc(-c2csc(=Nc3ccc(Cl)c(F)c3)n2CCc2c[nH]c3ccccc23)c1. The Kier molecular flexibility index (Phi) is 6.00. The number of fused-ring (bicyclic) bond motifs is 1. The van der Waals surface area contributed by atoms with Gasteiger partial charge in [-0.05, 0) is 30.2 Å². The lowest BCUT2D eigenvalue weighted by molar-refractivity contribution is -0.384. The van der Waals surface area contributed by atoms with Crippen LogP contribution in [-0.2, 0) is 13.0 Å². The second-order valence-electron chi connectivity index (χ2n) is 7.68. The van der Waals surface area contributed by atoms with Crippen LogP contribution in [0.25, 0.3) is 22.2 Å². The van der Waals surface area contributed by atoms with E-state index in [0.717, 1.165) is 22.2 Å². The summed E-state index contributed by atoms with van der Waals surface area (Å²) < 4.78 is 16.0. The molecule has 1 N–H and O–H groups in total. The lowest BCUT2D eigenvalue weighted by atomic mass is 10.1. The number of rotatable bonds is 6. The zero-order valence-electron chi connectivity index (χ0n) is 17.7. The fourth-order valence-corrected chi connectivity index (χ4v) is 4.95. The molecule has 34 heavy (non-hydrogen) atoms. The molecule has 0 aliphatic rings. The first kappa shape index (κ1) is 22.1. The van der Waals surface area contributed by atoms with Gasteiger partial charge in [0, 0.05) is 52.8 Å². The van der Waals surface area contributed by atoms with Crippen molar-refractivity contribution in [2.24, 2.45) is 4.99 Å². The zero-order valence-corrected chi connectivity index (χ0v) is 19.3. The molecule has 6 nitrogen and oxygen atoms in total. The summed E-state index contributed by atoms with van der Waals surface area (Å²) in [6, 6.07) is 19.0. The van der Waals surface area contributed by atoms with Crippen molar-refractivity contribution < 1.29 is 9.31 Å². The Hall–Kier alpha value is -3.75. The van der Waals surface area contributed by atoms with Gasteiger partial charge in [0.2, 0.25) is 0 Å². The fraction of sp³-hybridized carbons (Fsp3) is 0.0800. The van der Waals surface area contributed by atoms with Crippen LogP contribution in [0.3, 0.4) is 0 Å². The number of H-pyrrole nitrogens is 1. The summed E-state index contributed by atoms with van der Waals surface area (Å²) in [4.78, 5) is 19.5. The molecule has 0 bridgehead atoms. The Morgan fingerprint density at radius 3 is 2.79 bits per heavy atom. The van der Waals surface area contributed by atoms with Gasteiger partial charge in [-0.3, -0.25) is 10.1 Å². The van der Waals surface area contributed by atoms with Crippen molar-refractivity contribution in [3.05, 3.63) is 110 Å². The molecule has 0 saturated heterocycles. The highest BCUT2D eigenvalue weighted by Gasteiger charge is 2.14. The molecule has 0 fully saturated rings. The van der Waals surface area contributed by atoms with Crippen LogP contribution in [0.2, 0.25) is 5.02 Å². The number of nitrogens with zero attached hydrogens (tertiary/aromatic N) is 3. The van der Waals surface area contributed by atoms with Crippen molar-refractivity contribution >= 4 is 45.2 Å². The molecule has 0 saturated carbocycles. The summed E-state index contributed by atoms with van der Waals surface area (Å²) in [5, 5.41) is 14.4. The number of non-ortho nitro benzene ring substituents is 1. The van der Waals surface area contributed by atoms with Crippen LogP contribution in [0.5, 0.6) is 0 Å². The Morgan fingerprint density at radius 1 is 1.12 bits per heavy atom. The fourth-order valence-electron chi connectivity index (χ4n) is 3.88. The summed E-state index contributed by atoms with van der Waals surface area (Å²) in [5.41, 5.74) is 4.20. The Morgan fingerprint density at radius 2 is 1.97 bits per heavy atom. The first-order valence-corrected chi connectivity index (χ1v) is 11.7. The van der Waals surface area contributed by atoms with Gasteiger partial charge in [0.25, 0.3) is 5.69 Å². The van der Waals surface area contributed by atoms with E-state index in [4.69, 9.17) is 11.6 Å². The predicted octanol–water partition coefficient (Wildman–Crippen LogP) is 6.87. The molecule has 0 spiro atoms. The monoisotopic (exact) mass is 492 g/mol. The molecule has 5 rings (SSSR count). The highest BCUT2D eigenvalue weighted by molar-refractivity contribution is 7.07. The molecule has 5 aromatic rings. The molecule has 0 radical (unpaired) electrons. The van der Waals surface area contributed by atoms with Gasteiger partial charge < -0.3 is 9.55 Å². The van der Waals surface area contributed by atoms with E-state index in [1.54, 1.807) is 18.2 Å². The van der Waals surface area contributed by atoms with E-state index in [0.29, 0.717) is 29.0 Å². The maximum absolute atomic E-state index is 14.0. The van der Waals surface area contributed by atoms with Gasteiger partial charge in [-0.2, -0.15) is 0 Å². The molecule has 170 valence electrons. The highest BCUT2D eigenvalue weighted by Crippen LogP contribution is 2.27. The number of aryl methyl sites for hydroxylation is 1. The van der Waals surface area contributed by atoms with Crippen molar-refractivity contribution in [2.75, 3.05) is 0 Å². The Balaban J connectivity index is 1.59. The quantitative estimate of drug-likeness (QED) is 0.207. The van der Waals surface area contributed by atoms with Crippen LogP contribution >= 0.6 is 22.9 Å². The van der Waals surface area contributed by atoms with Crippen LogP contribution in [0.4, 0.5) is 15.8 Å². The lowest BCUT2D eigenvalue weighted by Crippen LogP contribution is -2.17. The number of aromatic nitrogens is 2. The van der Waals surface area contributed by atoms with E-state index in [1.807, 2.05) is 40.4 Å². The largest absolute Gasteiger partial charge is 0.361 e. The van der Waals surface area contributed by atoms with Gasteiger partial charge in [-0.1, -0.05) is 41.9 Å². The number of nitrogens with one attached hydrogen (secondary N) is 1. The van der Waals surface area contributed by atoms with Gasteiger partial charge in [0.1, 0.15) is 5.82 Å². The molecule has 0 aliphatic carbocycles. The summed E-state index contributed by atoms with van der Waals surface area (Å²) in [6.07, 6.45) is 2.71. The number of benzene rings is 3. The van der Waals surface area contributed by atoms with Crippen LogP contribution in [-0.4, -0.2) is 14.5 Å². The number of nitro groups is 1. The first-order valence-electron chi connectivity index (χ1n) is 10.5. The molecular formula is C25H18ClFN4O2S. The average Bonchev–Trinajstić information content (AvgIpc) is 3.44. The van der Waals surface area contributed by atoms with E-state index in [2.05, 4.69) is 16.0 Å². The normalized spacial score (nSPS) is 11.9. The number of thiazole rings is 1. The van der Waals surface area contributed by atoms with Crippen LogP contribution < -0.4 is 4.80 Å². The van der Waals surface area contributed by atoms with E-state index in [9.17, 15) is 14.5 Å². The molecular weight excluding hydrogens is 475 g/mol. The summed E-state index contributed by atoms with van der Waals surface area (Å²) in [5.74, 6) is -0.538. The summed E-state index contributed by atoms with van der Waals surface area (Å²) >= 11 is 7.21. The van der Waals surface area contributed by atoms with E-state index >= 15 is 0 Å². The van der Waals surface area contributed by atoms with E-state index < -0.39 is 10.7 Å². The maximum atomic E-state index is 14.0. The van der Waals surface area contributed by atoms with Gasteiger partial charge in [0.15, 0.2) is 4.80 Å². The number of halogens is 2. The van der Waals surface area contributed by atoms with Crippen LogP contribution in [0.1, 0.15) is 5.56 Å². The number of hydrogen-bond acceptors (Lipinski definition) is 4. The third-order valence-electron chi connectivity index (χ3n) is 5.56. The summed E-state index contributed by atoms with van der Waals surface area (Å²) in [6.45, 7) is 0.582. The van der Waals surface area contributed by atoms with E-state index in [1.165, 1.54) is 29.5 Å². The Labute approximate surface area is 202 Å². The number of aromatic amines is 1. The van der Waals surface area contributed by atoms with Crippen molar-refractivity contribution in [1.82, 2.24) is 9.55 Å². The zero-order chi connectivity index (χ0) is 23.7. The second kappa shape index (κ2) is 9.24. The predicted molar refractivity (Wildman–Crippen MR) is 133 cm³/mol. The number of para-hydroxylation sites is 1. The lowest BCUT2D eigenvalue weighted by Gasteiger charge is -2.09. The number of hydrogen-bond donors (Lipinski definition) is 1. The highest BCUT2D eigenvalue weighted by atomic mass is 35.5. The minimum Gasteiger partial charge on any atom is -0.361 e. The van der Waals surface area contributed by atoms with Gasteiger partial charge in [0.05, 0.1) is 21.3 Å².